The number of anilines is 1. The third-order valence-corrected chi connectivity index (χ3v) is 5.14. The highest BCUT2D eigenvalue weighted by Crippen LogP contribution is 2.32. The monoisotopic (exact) mass is 400 g/mol. The summed E-state index contributed by atoms with van der Waals surface area (Å²) in [5, 5.41) is 12.3. The van der Waals surface area contributed by atoms with Gasteiger partial charge in [-0.1, -0.05) is 48.2 Å². The molecule has 8 heteroatoms. The number of carbonyl (C=O) groups excluding carboxylic acids is 2. The molecule has 2 aromatic rings. The SMILES string of the molecule is COc1ccc(/C=C2\SC(=S)N(CC(=O)Nc3ccccc3O)C2=O)cc1. The Morgan fingerprint density at radius 3 is 2.63 bits per heavy atom. The zero-order chi connectivity index (χ0) is 19.4. The topological polar surface area (TPSA) is 78.9 Å². The smallest absolute Gasteiger partial charge is 0.266 e. The molecule has 1 aliphatic rings. The number of benzene rings is 2. The van der Waals surface area contributed by atoms with Gasteiger partial charge in [0.25, 0.3) is 5.91 Å². The van der Waals surface area contributed by atoms with Gasteiger partial charge in [0.1, 0.15) is 22.4 Å². The first-order valence-electron chi connectivity index (χ1n) is 7.95. The fourth-order valence-electron chi connectivity index (χ4n) is 2.40. The number of nitrogens with zero attached hydrogens (tertiary/aromatic N) is 1. The molecular weight excluding hydrogens is 384 g/mol. The number of ether oxygens (including phenoxy) is 1. The van der Waals surface area contributed by atoms with Crippen LogP contribution in [-0.4, -0.2) is 39.8 Å². The van der Waals surface area contributed by atoms with Crippen LogP contribution in [0.1, 0.15) is 5.56 Å². The number of methoxy groups -OCH3 is 1. The number of carbonyl (C=O) groups is 2. The second kappa shape index (κ2) is 8.24. The molecule has 0 atom stereocenters. The Labute approximate surface area is 165 Å². The summed E-state index contributed by atoms with van der Waals surface area (Å²) >= 11 is 6.38. The molecule has 1 saturated heterocycles. The largest absolute Gasteiger partial charge is 0.506 e. The van der Waals surface area contributed by atoms with Crippen LogP contribution in [-0.2, 0) is 9.59 Å². The predicted octanol–water partition coefficient (Wildman–Crippen LogP) is 3.24. The summed E-state index contributed by atoms with van der Waals surface area (Å²) in [6.45, 7) is -0.223. The quantitative estimate of drug-likeness (QED) is 0.456. The molecule has 1 heterocycles. The number of thioether (sulfide) groups is 1. The second-order valence-corrected chi connectivity index (χ2v) is 7.28. The zero-order valence-electron chi connectivity index (χ0n) is 14.3. The zero-order valence-corrected chi connectivity index (χ0v) is 16.0. The van der Waals surface area contributed by atoms with E-state index < -0.39 is 5.91 Å². The minimum absolute atomic E-state index is 0.0457. The van der Waals surface area contributed by atoms with Gasteiger partial charge in [0, 0.05) is 0 Å². The van der Waals surface area contributed by atoms with Crippen molar-refractivity contribution in [3.05, 3.63) is 59.0 Å². The summed E-state index contributed by atoms with van der Waals surface area (Å²) in [6.07, 6.45) is 1.72. The highest BCUT2D eigenvalue weighted by molar-refractivity contribution is 8.26. The van der Waals surface area contributed by atoms with Gasteiger partial charge >= 0.3 is 0 Å². The minimum Gasteiger partial charge on any atom is -0.506 e. The van der Waals surface area contributed by atoms with Gasteiger partial charge in [0.2, 0.25) is 5.91 Å². The van der Waals surface area contributed by atoms with E-state index in [1.54, 1.807) is 43.5 Å². The van der Waals surface area contributed by atoms with E-state index in [2.05, 4.69) is 5.32 Å². The van der Waals surface area contributed by atoms with E-state index in [-0.39, 0.29) is 23.9 Å². The molecule has 0 saturated carbocycles. The first-order chi connectivity index (χ1) is 13.0. The second-order valence-electron chi connectivity index (χ2n) is 5.61. The van der Waals surface area contributed by atoms with Crippen molar-refractivity contribution in [2.45, 2.75) is 0 Å². The van der Waals surface area contributed by atoms with Crippen molar-refractivity contribution in [3.8, 4) is 11.5 Å². The summed E-state index contributed by atoms with van der Waals surface area (Å²) in [6, 6.07) is 13.6. The van der Waals surface area contributed by atoms with Crippen molar-refractivity contribution in [1.29, 1.82) is 0 Å². The van der Waals surface area contributed by atoms with Crippen molar-refractivity contribution in [3.63, 3.8) is 0 Å². The summed E-state index contributed by atoms with van der Waals surface area (Å²) < 4.78 is 5.42. The van der Waals surface area contributed by atoms with E-state index in [0.29, 0.717) is 9.23 Å². The molecule has 1 fully saturated rings. The molecule has 0 unspecified atom stereocenters. The normalized spacial score (nSPS) is 15.3. The molecule has 138 valence electrons. The third-order valence-electron chi connectivity index (χ3n) is 3.77. The minimum atomic E-state index is -0.446. The van der Waals surface area contributed by atoms with Crippen LogP contribution in [0, 0.1) is 0 Å². The number of amides is 2. The molecule has 0 aliphatic carbocycles. The third kappa shape index (κ3) is 4.47. The predicted molar refractivity (Wildman–Crippen MR) is 110 cm³/mol. The average molecular weight is 400 g/mol. The molecule has 2 amide bonds. The van der Waals surface area contributed by atoms with E-state index >= 15 is 0 Å². The molecule has 0 bridgehead atoms. The maximum absolute atomic E-state index is 12.6. The van der Waals surface area contributed by atoms with Crippen LogP contribution < -0.4 is 10.1 Å². The van der Waals surface area contributed by atoms with Crippen molar-refractivity contribution in [1.82, 2.24) is 4.90 Å². The molecule has 0 spiro atoms. The lowest BCUT2D eigenvalue weighted by molar-refractivity contribution is -0.126. The summed E-state index contributed by atoms with van der Waals surface area (Å²) in [4.78, 5) is 26.5. The number of nitrogens with one attached hydrogen (secondary N) is 1. The van der Waals surface area contributed by atoms with Crippen LogP contribution in [0.25, 0.3) is 6.08 Å². The molecule has 2 aromatic carbocycles. The average Bonchev–Trinajstić information content (AvgIpc) is 2.91. The van der Waals surface area contributed by atoms with E-state index in [1.165, 1.54) is 11.0 Å². The fourth-order valence-corrected chi connectivity index (χ4v) is 3.66. The van der Waals surface area contributed by atoms with Crippen molar-refractivity contribution in [2.24, 2.45) is 0 Å². The highest BCUT2D eigenvalue weighted by atomic mass is 32.2. The van der Waals surface area contributed by atoms with Crippen molar-refractivity contribution in [2.75, 3.05) is 19.0 Å². The summed E-state index contributed by atoms with van der Waals surface area (Å²) in [5.74, 6) is -0.0945. The lowest BCUT2D eigenvalue weighted by Crippen LogP contribution is -2.36. The lowest BCUT2D eigenvalue weighted by atomic mass is 10.2. The number of para-hydroxylation sites is 2. The van der Waals surface area contributed by atoms with Gasteiger partial charge in [-0.15, -0.1) is 0 Å². The number of phenolic OH excluding ortho intramolecular Hbond substituents is 1. The summed E-state index contributed by atoms with van der Waals surface area (Å²) in [5.41, 5.74) is 1.11. The number of thiocarbonyl (C=S) groups is 1. The van der Waals surface area contributed by atoms with Gasteiger partial charge in [0.15, 0.2) is 0 Å². The number of hydrogen-bond donors (Lipinski definition) is 2. The van der Waals surface area contributed by atoms with Crippen LogP contribution in [0.2, 0.25) is 0 Å². The number of phenols is 1. The van der Waals surface area contributed by atoms with Crippen molar-refractivity contribution >= 4 is 51.9 Å². The van der Waals surface area contributed by atoms with Gasteiger partial charge in [-0.05, 0) is 35.9 Å². The first kappa shape index (κ1) is 18.9. The van der Waals surface area contributed by atoms with Crippen LogP contribution in [0.3, 0.4) is 0 Å². The Hall–Kier alpha value is -2.84. The van der Waals surface area contributed by atoms with Gasteiger partial charge in [0.05, 0.1) is 17.7 Å². The maximum Gasteiger partial charge on any atom is 0.266 e. The van der Waals surface area contributed by atoms with Gasteiger partial charge in [-0.3, -0.25) is 14.5 Å². The summed E-state index contributed by atoms with van der Waals surface area (Å²) in [7, 11) is 1.58. The van der Waals surface area contributed by atoms with Gasteiger partial charge in [-0.2, -0.15) is 0 Å². The van der Waals surface area contributed by atoms with Gasteiger partial charge in [-0.25, -0.2) is 0 Å². The Kier molecular flexibility index (Phi) is 5.78. The molecule has 1 aliphatic heterocycles. The molecule has 27 heavy (non-hydrogen) atoms. The van der Waals surface area contributed by atoms with Crippen LogP contribution >= 0.6 is 24.0 Å². The highest BCUT2D eigenvalue weighted by Gasteiger charge is 2.33. The van der Waals surface area contributed by atoms with Crippen LogP contribution in [0.5, 0.6) is 11.5 Å². The van der Waals surface area contributed by atoms with Crippen molar-refractivity contribution < 1.29 is 19.4 Å². The Balaban J connectivity index is 1.69. The molecule has 6 nitrogen and oxygen atoms in total. The molecule has 0 aromatic heterocycles. The molecular formula is C19H16N2O4S2. The Morgan fingerprint density at radius 1 is 1.26 bits per heavy atom. The first-order valence-corrected chi connectivity index (χ1v) is 9.17. The lowest BCUT2D eigenvalue weighted by Gasteiger charge is -2.14. The number of aromatic hydroxyl groups is 1. The molecule has 2 N–H and O–H groups in total. The Bertz CT molecular complexity index is 926. The van der Waals surface area contributed by atoms with Crippen LogP contribution in [0.4, 0.5) is 5.69 Å². The fraction of sp³-hybridized carbons (Fsp3) is 0.105. The van der Waals surface area contributed by atoms with Gasteiger partial charge < -0.3 is 15.2 Å². The maximum atomic E-state index is 12.6. The van der Waals surface area contributed by atoms with E-state index in [0.717, 1.165) is 23.1 Å². The van der Waals surface area contributed by atoms with E-state index in [1.807, 2.05) is 12.1 Å². The number of rotatable bonds is 5. The van der Waals surface area contributed by atoms with Crippen LogP contribution in [0.15, 0.2) is 53.4 Å². The number of hydrogen-bond acceptors (Lipinski definition) is 6. The van der Waals surface area contributed by atoms with E-state index in [9.17, 15) is 14.7 Å². The Morgan fingerprint density at radius 2 is 1.96 bits per heavy atom. The van der Waals surface area contributed by atoms with E-state index in [4.69, 9.17) is 17.0 Å². The molecule has 3 rings (SSSR count). The molecule has 0 radical (unpaired) electrons. The standard InChI is InChI=1S/C19H16N2O4S2/c1-25-13-8-6-12(7-9-13)10-16-18(24)21(19(26)27-16)11-17(23)20-14-4-2-3-5-15(14)22/h2-10,22H,11H2,1H3,(H,20,23)/b16-10-.